The minimum absolute atomic E-state index is 0.121. The number of rotatable bonds is 10. The smallest absolute Gasteiger partial charge is 0.264 e. The van der Waals surface area contributed by atoms with Crippen molar-refractivity contribution in [1.29, 1.82) is 0 Å². The van der Waals surface area contributed by atoms with E-state index in [2.05, 4.69) is 5.32 Å². The van der Waals surface area contributed by atoms with Crippen LogP contribution in [-0.4, -0.2) is 20.9 Å². The maximum atomic E-state index is 13.6. The molecule has 1 amide bonds. The Morgan fingerprint density at radius 2 is 1.49 bits per heavy atom. The first-order chi connectivity index (χ1) is 17.8. The van der Waals surface area contributed by atoms with Crippen LogP contribution >= 0.6 is 11.6 Å². The highest BCUT2D eigenvalue weighted by molar-refractivity contribution is 7.92. The zero-order valence-corrected chi connectivity index (χ0v) is 21.9. The van der Waals surface area contributed by atoms with Gasteiger partial charge in [-0.25, -0.2) is 8.42 Å². The summed E-state index contributed by atoms with van der Waals surface area (Å²) < 4.78 is 34.2. The molecule has 0 unspecified atom stereocenters. The molecule has 0 fully saturated rings. The molecule has 4 aromatic carbocycles. The van der Waals surface area contributed by atoms with E-state index in [4.69, 9.17) is 16.3 Å². The Bertz CT molecular complexity index is 1420. The number of hydrogen-bond acceptors (Lipinski definition) is 4. The number of sulfonamides is 1. The van der Waals surface area contributed by atoms with Gasteiger partial charge in [-0.2, -0.15) is 0 Å². The molecule has 4 rings (SSSR count). The largest absolute Gasteiger partial charge is 0.484 e. The predicted octanol–water partition coefficient (Wildman–Crippen LogP) is 5.74. The van der Waals surface area contributed by atoms with Crippen LogP contribution in [0.2, 0.25) is 5.02 Å². The second-order valence-electron chi connectivity index (χ2n) is 8.50. The number of carbonyl (C=O) groups is 1. The average molecular weight is 535 g/mol. The number of aryl methyl sites for hydroxylation is 1. The molecule has 0 aliphatic heterocycles. The third kappa shape index (κ3) is 7.12. The lowest BCUT2D eigenvalue weighted by Crippen LogP contribution is -2.30. The number of benzene rings is 4. The van der Waals surface area contributed by atoms with Crippen LogP contribution in [0.1, 0.15) is 16.7 Å². The topological polar surface area (TPSA) is 75.7 Å². The Hall–Kier alpha value is -3.81. The monoisotopic (exact) mass is 534 g/mol. The van der Waals surface area contributed by atoms with Gasteiger partial charge in [0.2, 0.25) is 0 Å². The van der Waals surface area contributed by atoms with E-state index in [9.17, 15) is 13.2 Å². The number of amides is 1. The van der Waals surface area contributed by atoms with Crippen molar-refractivity contribution in [2.24, 2.45) is 0 Å². The lowest BCUT2D eigenvalue weighted by atomic mass is 10.2. The number of carbonyl (C=O) groups excluding carboxylic acids is 1. The molecule has 190 valence electrons. The molecule has 0 radical (unpaired) electrons. The van der Waals surface area contributed by atoms with E-state index in [1.165, 1.54) is 4.31 Å². The van der Waals surface area contributed by atoms with E-state index in [-0.39, 0.29) is 24.0 Å². The Kier molecular flexibility index (Phi) is 8.48. The van der Waals surface area contributed by atoms with Gasteiger partial charge in [-0.15, -0.1) is 0 Å². The number of ether oxygens (including phenoxy) is 1. The Balaban J connectivity index is 1.48. The molecule has 0 saturated heterocycles. The van der Waals surface area contributed by atoms with Crippen LogP contribution in [0.5, 0.6) is 5.75 Å². The standard InChI is InChI=1S/C29H27ClN2O4S/c1-22-7-17-28(18-8-22)37(34,35)32(20-24-9-11-25(30)12-10-24)26-13-15-27(16-14-26)36-21-29(33)31-19-23-5-3-2-4-6-23/h2-18H,19-21H2,1H3,(H,31,33). The summed E-state index contributed by atoms with van der Waals surface area (Å²) in [4.78, 5) is 12.4. The molecule has 0 aromatic heterocycles. The molecule has 8 heteroatoms. The molecular formula is C29H27ClN2O4S. The van der Waals surface area contributed by atoms with Gasteiger partial charge >= 0.3 is 0 Å². The molecule has 0 atom stereocenters. The quantitative estimate of drug-likeness (QED) is 0.281. The van der Waals surface area contributed by atoms with Gasteiger partial charge in [-0.3, -0.25) is 9.10 Å². The Morgan fingerprint density at radius 3 is 2.14 bits per heavy atom. The lowest BCUT2D eigenvalue weighted by Gasteiger charge is -2.25. The van der Waals surface area contributed by atoms with Gasteiger partial charge in [0.05, 0.1) is 17.1 Å². The summed E-state index contributed by atoms with van der Waals surface area (Å²) in [5, 5.41) is 3.39. The van der Waals surface area contributed by atoms with Crippen molar-refractivity contribution in [1.82, 2.24) is 5.32 Å². The van der Waals surface area contributed by atoms with Gasteiger partial charge in [0.25, 0.3) is 15.9 Å². The van der Waals surface area contributed by atoms with Gasteiger partial charge in [0, 0.05) is 11.6 Å². The molecule has 4 aromatic rings. The average Bonchev–Trinajstić information content (AvgIpc) is 2.91. The zero-order valence-electron chi connectivity index (χ0n) is 20.3. The SMILES string of the molecule is Cc1ccc(S(=O)(=O)N(Cc2ccc(Cl)cc2)c2ccc(OCC(=O)NCc3ccccc3)cc2)cc1. The van der Waals surface area contributed by atoms with Crippen molar-refractivity contribution in [3.8, 4) is 5.75 Å². The van der Waals surface area contributed by atoms with Crippen LogP contribution in [0.3, 0.4) is 0 Å². The molecular weight excluding hydrogens is 508 g/mol. The molecule has 6 nitrogen and oxygen atoms in total. The highest BCUT2D eigenvalue weighted by atomic mass is 35.5. The van der Waals surface area contributed by atoms with Crippen molar-refractivity contribution >= 4 is 33.2 Å². The summed E-state index contributed by atoms with van der Waals surface area (Å²) in [7, 11) is -3.86. The summed E-state index contributed by atoms with van der Waals surface area (Å²) in [5.74, 6) is 0.206. The highest BCUT2D eigenvalue weighted by Gasteiger charge is 2.25. The van der Waals surface area contributed by atoms with E-state index in [0.29, 0.717) is 23.0 Å². The number of nitrogens with zero attached hydrogens (tertiary/aromatic N) is 1. The van der Waals surface area contributed by atoms with E-state index in [1.54, 1.807) is 72.8 Å². The van der Waals surface area contributed by atoms with Gasteiger partial charge in [-0.1, -0.05) is 71.8 Å². The Morgan fingerprint density at radius 1 is 0.838 bits per heavy atom. The van der Waals surface area contributed by atoms with Crippen molar-refractivity contribution < 1.29 is 17.9 Å². The minimum Gasteiger partial charge on any atom is -0.484 e. The third-order valence-electron chi connectivity index (χ3n) is 5.68. The van der Waals surface area contributed by atoms with Crippen LogP contribution in [0.15, 0.2) is 108 Å². The summed E-state index contributed by atoms with van der Waals surface area (Å²) in [6.45, 7) is 2.29. The summed E-state index contributed by atoms with van der Waals surface area (Å²) in [6, 6.07) is 30.0. The van der Waals surface area contributed by atoms with Crippen LogP contribution in [0.25, 0.3) is 0 Å². The normalized spacial score (nSPS) is 11.1. The van der Waals surface area contributed by atoms with Crippen LogP contribution < -0.4 is 14.4 Å². The fourth-order valence-corrected chi connectivity index (χ4v) is 5.19. The van der Waals surface area contributed by atoms with E-state index in [0.717, 1.165) is 16.7 Å². The Labute approximate surface area is 222 Å². The molecule has 37 heavy (non-hydrogen) atoms. The minimum atomic E-state index is -3.86. The summed E-state index contributed by atoms with van der Waals surface area (Å²) in [6.07, 6.45) is 0. The van der Waals surface area contributed by atoms with E-state index >= 15 is 0 Å². The third-order valence-corrected chi connectivity index (χ3v) is 7.72. The molecule has 0 spiro atoms. The van der Waals surface area contributed by atoms with E-state index in [1.807, 2.05) is 37.3 Å². The predicted molar refractivity (Wildman–Crippen MR) is 146 cm³/mol. The van der Waals surface area contributed by atoms with Crippen molar-refractivity contribution in [2.75, 3.05) is 10.9 Å². The second-order valence-corrected chi connectivity index (χ2v) is 10.8. The highest BCUT2D eigenvalue weighted by Crippen LogP contribution is 2.28. The van der Waals surface area contributed by atoms with Gasteiger partial charge < -0.3 is 10.1 Å². The van der Waals surface area contributed by atoms with Gasteiger partial charge in [-0.05, 0) is 66.6 Å². The number of nitrogens with one attached hydrogen (secondary N) is 1. The van der Waals surface area contributed by atoms with Crippen LogP contribution in [0, 0.1) is 6.92 Å². The molecule has 0 bridgehead atoms. The number of anilines is 1. The molecule has 0 aliphatic carbocycles. The van der Waals surface area contributed by atoms with E-state index < -0.39 is 10.0 Å². The van der Waals surface area contributed by atoms with Crippen LogP contribution in [0.4, 0.5) is 5.69 Å². The first kappa shape index (κ1) is 26.3. The lowest BCUT2D eigenvalue weighted by molar-refractivity contribution is -0.123. The molecule has 1 N–H and O–H groups in total. The molecule has 0 saturated carbocycles. The maximum absolute atomic E-state index is 13.6. The molecule has 0 aliphatic rings. The first-order valence-electron chi connectivity index (χ1n) is 11.7. The van der Waals surface area contributed by atoms with Gasteiger partial charge in [0.1, 0.15) is 5.75 Å². The zero-order chi connectivity index (χ0) is 26.3. The maximum Gasteiger partial charge on any atom is 0.264 e. The first-order valence-corrected chi connectivity index (χ1v) is 13.5. The van der Waals surface area contributed by atoms with Crippen molar-refractivity contribution in [3.63, 3.8) is 0 Å². The van der Waals surface area contributed by atoms with Crippen molar-refractivity contribution in [3.05, 3.63) is 125 Å². The fraction of sp³-hybridized carbons (Fsp3) is 0.138. The number of halogens is 1. The second kappa shape index (κ2) is 12.0. The summed E-state index contributed by atoms with van der Waals surface area (Å²) in [5.41, 5.74) is 3.22. The molecule has 0 heterocycles. The summed E-state index contributed by atoms with van der Waals surface area (Å²) >= 11 is 6.01. The fourth-order valence-electron chi connectivity index (χ4n) is 3.61. The number of hydrogen-bond donors (Lipinski definition) is 1. The van der Waals surface area contributed by atoms with Gasteiger partial charge in [0.15, 0.2) is 6.61 Å². The van der Waals surface area contributed by atoms with Crippen LogP contribution in [-0.2, 0) is 27.9 Å². The van der Waals surface area contributed by atoms with Crippen molar-refractivity contribution in [2.45, 2.75) is 24.9 Å².